The molecule has 1 aromatic carbocycles. The van der Waals surface area contributed by atoms with Crippen molar-refractivity contribution in [3.05, 3.63) is 42.2 Å². The lowest BCUT2D eigenvalue weighted by molar-refractivity contribution is 0.281. The van der Waals surface area contributed by atoms with E-state index in [1.165, 1.54) is 0 Å². The van der Waals surface area contributed by atoms with Gasteiger partial charge >= 0.3 is 0 Å². The fourth-order valence-corrected chi connectivity index (χ4v) is 1.37. The number of rotatable bonds is 2. The van der Waals surface area contributed by atoms with E-state index in [2.05, 4.69) is 5.10 Å². The van der Waals surface area contributed by atoms with Crippen LogP contribution in [-0.2, 0) is 6.61 Å². The van der Waals surface area contributed by atoms with Crippen LogP contribution in [0.1, 0.15) is 5.56 Å². The number of aromatic nitrogens is 2. The van der Waals surface area contributed by atoms with E-state index < -0.39 is 0 Å². The van der Waals surface area contributed by atoms with Gasteiger partial charge in [-0.05, 0) is 24.3 Å². The zero-order valence-electron chi connectivity index (χ0n) is 7.59. The summed E-state index contributed by atoms with van der Waals surface area (Å²) in [5.41, 5.74) is 7.88. The van der Waals surface area contributed by atoms with E-state index in [0.29, 0.717) is 5.69 Å². The predicted octanol–water partition coefficient (Wildman–Crippen LogP) is 0.947. The lowest BCUT2D eigenvalue weighted by Crippen LogP contribution is -2.01. The molecule has 72 valence electrons. The number of aliphatic hydroxyl groups excluding tert-OH is 1. The number of nitrogen functional groups attached to an aromatic ring is 1. The first-order valence-corrected chi connectivity index (χ1v) is 4.30. The van der Waals surface area contributed by atoms with Crippen LogP contribution in [0.15, 0.2) is 36.7 Å². The Labute approximate surface area is 81.6 Å². The number of benzene rings is 1. The molecule has 0 aliphatic heterocycles. The van der Waals surface area contributed by atoms with Gasteiger partial charge in [0, 0.05) is 23.6 Å². The highest BCUT2D eigenvalue weighted by Crippen LogP contribution is 2.16. The summed E-state index contributed by atoms with van der Waals surface area (Å²) >= 11 is 0. The molecule has 2 aromatic rings. The van der Waals surface area contributed by atoms with E-state index in [4.69, 9.17) is 10.8 Å². The molecular formula is C10H11N3O. The van der Waals surface area contributed by atoms with Gasteiger partial charge in [-0.1, -0.05) is 0 Å². The van der Waals surface area contributed by atoms with Gasteiger partial charge in [0.25, 0.3) is 0 Å². The van der Waals surface area contributed by atoms with Gasteiger partial charge in [0.15, 0.2) is 0 Å². The van der Waals surface area contributed by atoms with E-state index in [9.17, 15) is 0 Å². The highest BCUT2D eigenvalue weighted by molar-refractivity contribution is 5.50. The van der Waals surface area contributed by atoms with Gasteiger partial charge in [-0.15, -0.1) is 0 Å². The van der Waals surface area contributed by atoms with Crippen molar-refractivity contribution in [1.82, 2.24) is 9.78 Å². The second-order valence-electron chi connectivity index (χ2n) is 3.00. The molecule has 0 fully saturated rings. The highest BCUT2D eigenvalue weighted by Gasteiger charge is 2.03. The van der Waals surface area contributed by atoms with E-state index in [1.54, 1.807) is 23.0 Å². The average Bonchev–Trinajstić information content (AvgIpc) is 2.70. The first-order chi connectivity index (χ1) is 6.81. The first-order valence-electron chi connectivity index (χ1n) is 4.30. The predicted molar refractivity (Wildman–Crippen MR) is 53.9 cm³/mol. The minimum atomic E-state index is -0.0414. The normalized spacial score (nSPS) is 10.4. The summed E-state index contributed by atoms with van der Waals surface area (Å²) in [6.45, 7) is -0.0414. The van der Waals surface area contributed by atoms with Crippen LogP contribution < -0.4 is 5.73 Å². The highest BCUT2D eigenvalue weighted by atomic mass is 16.3. The molecular weight excluding hydrogens is 178 g/mol. The van der Waals surface area contributed by atoms with Gasteiger partial charge in [0.05, 0.1) is 12.3 Å². The number of hydrogen-bond donors (Lipinski definition) is 2. The quantitative estimate of drug-likeness (QED) is 0.691. The molecule has 3 N–H and O–H groups in total. The van der Waals surface area contributed by atoms with Crippen molar-refractivity contribution in [3.8, 4) is 5.69 Å². The monoisotopic (exact) mass is 189 g/mol. The fourth-order valence-electron chi connectivity index (χ4n) is 1.37. The smallest absolute Gasteiger partial charge is 0.0703 e. The Morgan fingerprint density at radius 3 is 2.93 bits per heavy atom. The summed E-state index contributed by atoms with van der Waals surface area (Å²) in [6.07, 6.45) is 3.52. The lowest BCUT2D eigenvalue weighted by atomic mass is 10.1. The summed E-state index contributed by atoms with van der Waals surface area (Å²) in [7, 11) is 0. The van der Waals surface area contributed by atoms with E-state index in [0.717, 1.165) is 11.3 Å². The maximum Gasteiger partial charge on any atom is 0.0703 e. The first kappa shape index (κ1) is 8.77. The lowest BCUT2D eigenvalue weighted by Gasteiger charge is -2.07. The van der Waals surface area contributed by atoms with Gasteiger partial charge in [-0.3, -0.25) is 0 Å². The summed E-state index contributed by atoms with van der Waals surface area (Å²) in [6, 6.07) is 7.21. The maximum atomic E-state index is 9.15. The minimum Gasteiger partial charge on any atom is -0.399 e. The van der Waals surface area contributed by atoms with Gasteiger partial charge in [0.1, 0.15) is 0 Å². The zero-order chi connectivity index (χ0) is 9.97. The Morgan fingerprint density at radius 2 is 2.29 bits per heavy atom. The van der Waals surface area contributed by atoms with Crippen LogP contribution in [0.3, 0.4) is 0 Å². The molecule has 0 spiro atoms. The van der Waals surface area contributed by atoms with Crippen LogP contribution in [-0.4, -0.2) is 14.9 Å². The number of nitrogens with two attached hydrogens (primary N) is 1. The molecule has 0 aliphatic rings. The fraction of sp³-hybridized carbons (Fsp3) is 0.100. The minimum absolute atomic E-state index is 0.0414. The van der Waals surface area contributed by atoms with Crippen molar-refractivity contribution in [2.24, 2.45) is 0 Å². The van der Waals surface area contributed by atoms with E-state index in [-0.39, 0.29) is 6.61 Å². The van der Waals surface area contributed by atoms with Crippen molar-refractivity contribution in [2.45, 2.75) is 6.61 Å². The molecule has 0 atom stereocenters. The van der Waals surface area contributed by atoms with Crippen LogP contribution in [0.2, 0.25) is 0 Å². The topological polar surface area (TPSA) is 64.1 Å². The largest absolute Gasteiger partial charge is 0.399 e. The Bertz CT molecular complexity index is 423. The molecule has 1 heterocycles. The Balaban J connectivity index is 2.53. The second-order valence-corrected chi connectivity index (χ2v) is 3.00. The molecule has 0 unspecified atom stereocenters. The number of hydrogen-bond acceptors (Lipinski definition) is 3. The van der Waals surface area contributed by atoms with E-state index >= 15 is 0 Å². The maximum absolute atomic E-state index is 9.15. The molecule has 0 aliphatic carbocycles. The van der Waals surface area contributed by atoms with Crippen molar-refractivity contribution in [3.63, 3.8) is 0 Å². The Morgan fingerprint density at radius 1 is 1.43 bits per heavy atom. The van der Waals surface area contributed by atoms with Crippen LogP contribution in [0.5, 0.6) is 0 Å². The van der Waals surface area contributed by atoms with Gasteiger partial charge < -0.3 is 10.8 Å². The third kappa shape index (κ3) is 1.47. The summed E-state index contributed by atoms with van der Waals surface area (Å²) in [5, 5.41) is 13.2. The SMILES string of the molecule is Nc1ccc(-n2cccn2)c(CO)c1. The molecule has 2 rings (SSSR count). The van der Waals surface area contributed by atoms with E-state index in [1.807, 2.05) is 18.3 Å². The van der Waals surface area contributed by atoms with Crippen LogP contribution in [0, 0.1) is 0 Å². The summed E-state index contributed by atoms with van der Waals surface area (Å²) in [5.74, 6) is 0. The number of anilines is 1. The molecule has 0 radical (unpaired) electrons. The van der Waals surface area contributed by atoms with Crippen LogP contribution in [0.25, 0.3) is 5.69 Å². The van der Waals surface area contributed by atoms with Gasteiger partial charge in [-0.25, -0.2) is 4.68 Å². The van der Waals surface area contributed by atoms with Crippen molar-refractivity contribution < 1.29 is 5.11 Å². The summed E-state index contributed by atoms with van der Waals surface area (Å²) in [4.78, 5) is 0. The van der Waals surface area contributed by atoms with Gasteiger partial charge in [-0.2, -0.15) is 5.10 Å². The zero-order valence-corrected chi connectivity index (χ0v) is 7.59. The molecule has 1 aromatic heterocycles. The van der Waals surface area contributed by atoms with Crippen LogP contribution >= 0.6 is 0 Å². The average molecular weight is 189 g/mol. The van der Waals surface area contributed by atoms with Crippen molar-refractivity contribution in [2.75, 3.05) is 5.73 Å². The second kappa shape index (κ2) is 3.51. The van der Waals surface area contributed by atoms with Crippen LogP contribution in [0.4, 0.5) is 5.69 Å². The van der Waals surface area contributed by atoms with Gasteiger partial charge in [0.2, 0.25) is 0 Å². The number of aliphatic hydroxyl groups is 1. The Hall–Kier alpha value is -1.81. The summed E-state index contributed by atoms with van der Waals surface area (Å²) < 4.78 is 1.70. The third-order valence-corrected chi connectivity index (χ3v) is 2.03. The molecule has 4 nitrogen and oxygen atoms in total. The molecule has 0 bridgehead atoms. The number of nitrogens with zero attached hydrogens (tertiary/aromatic N) is 2. The third-order valence-electron chi connectivity index (χ3n) is 2.03. The molecule has 0 saturated heterocycles. The molecule has 0 amide bonds. The molecule has 0 saturated carbocycles. The molecule has 14 heavy (non-hydrogen) atoms. The molecule has 4 heteroatoms. The Kier molecular flexibility index (Phi) is 2.20. The van der Waals surface area contributed by atoms with Crippen molar-refractivity contribution in [1.29, 1.82) is 0 Å². The van der Waals surface area contributed by atoms with Crippen molar-refractivity contribution >= 4 is 5.69 Å². The standard InChI is InChI=1S/C10H11N3O/c11-9-2-3-10(8(6-9)7-14)13-5-1-4-12-13/h1-6,14H,7,11H2.